The highest BCUT2D eigenvalue weighted by atomic mass is 16.2. The number of hydrogen-bond donors (Lipinski definition) is 1. The molecule has 1 N–H and O–H groups in total. The molecule has 2 amide bonds. The fourth-order valence-electron chi connectivity index (χ4n) is 4.61. The average molecular weight is 478 g/mol. The van der Waals surface area contributed by atoms with Crippen LogP contribution in [0.3, 0.4) is 0 Å². The average Bonchev–Trinajstić information content (AvgIpc) is 3.54. The standard InChI is InChI=1S/C27H23N7O2/c1-3-23(35)33-13-4-5-21(33)26-32-24(25-17(2)29-12-14-34(25)26)19-6-8-20(9-7-19)27(36)31-22-15-18(16-28)10-11-30-22/h3,6-12,14-15,21H,1,4-5,13H2,2H3,(H,30,31,36). The van der Waals surface area contributed by atoms with Gasteiger partial charge in [0, 0.05) is 36.3 Å². The van der Waals surface area contributed by atoms with Gasteiger partial charge >= 0.3 is 0 Å². The summed E-state index contributed by atoms with van der Waals surface area (Å²) in [6.45, 7) is 6.23. The van der Waals surface area contributed by atoms with Crippen molar-refractivity contribution in [3.8, 4) is 17.3 Å². The molecular formula is C27H23N7O2. The number of aryl methyl sites for hydroxylation is 1. The summed E-state index contributed by atoms with van der Waals surface area (Å²) in [6.07, 6.45) is 8.14. The Kier molecular flexibility index (Phi) is 6.00. The number of anilines is 1. The van der Waals surface area contributed by atoms with E-state index >= 15 is 0 Å². The first kappa shape index (κ1) is 22.9. The zero-order chi connectivity index (χ0) is 25.2. The lowest BCUT2D eigenvalue weighted by Crippen LogP contribution is -2.29. The molecule has 3 aromatic heterocycles. The Morgan fingerprint density at radius 1 is 1.19 bits per heavy atom. The number of hydrogen-bond acceptors (Lipinski definition) is 6. The lowest BCUT2D eigenvalue weighted by molar-refractivity contribution is -0.127. The Morgan fingerprint density at radius 2 is 2.00 bits per heavy atom. The molecule has 4 heterocycles. The van der Waals surface area contributed by atoms with E-state index < -0.39 is 0 Å². The summed E-state index contributed by atoms with van der Waals surface area (Å²) in [5.74, 6) is 0.655. The number of aromatic nitrogens is 4. The first-order valence-corrected chi connectivity index (χ1v) is 11.5. The maximum absolute atomic E-state index is 12.7. The summed E-state index contributed by atoms with van der Waals surface area (Å²) < 4.78 is 2.01. The minimum Gasteiger partial charge on any atom is -0.329 e. The van der Waals surface area contributed by atoms with Crippen LogP contribution in [0.5, 0.6) is 0 Å². The number of carbonyl (C=O) groups excluding carboxylic acids is 2. The molecule has 5 rings (SSSR count). The molecule has 0 spiro atoms. The van der Waals surface area contributed by atoms with Gasteiger partial charge in [-0.2, -0.15) is 5.26 Å². The monoisotopic (exact) mass is 477 g/mol. The third kappa shape index (κ3) is 4.09. The highest BCUT2D eigenvalue weighted by Gasteiger charge is 2.33. The fourth-order valence-corrected chi connectivity index (χ4v) is 4.61. The first-order chi connectivity index (χ1) is 17.5. The van der Waals surface area contributed by atoms with Crippen molar-refractivity contribution in [3.63, 3.8) is 0 Å². The number of amides is 2. The second-order valence-electron chi connectivity index (χ2n) is 8.52. The summed E-state index contributed by atoms with van der Waals surface area (Å²) in [6, 6.07) is 12.1. The molecule has 1 aliphatic heterocycles. The van der Waals surface area contributed by atoms with E-state index in [1.165, 1.54) is 18.3 Å². The highest BCUT2D eigenvalue weighted by Crippen LogP contribution is 2.36. The fraction of sp³-hybridized carbons (Fsp3) is 0.185. The number of likely N-dealkylation sites (tertiary alicyclic amines) is 1. The molecule has 36 heavy (non-hydrogen) atoms. The Labute approximate surface area is 207 Å². The van der Waals surface area contributed by atoms with Gasteiger partial charge in [-0.1, -0.05) is 18.7 Å². The van der Waals surface area contributed by atoms with E-state index in [9.17, 15) is 9.59 Å². The zero-order valence-corrected chi connectivity index (χ0v) is 19.7. The third-order valence-electron chi connectivity index (χ3n) is 6.32. The third-order valence-corrected chi connectivity index (χ3v) is 6.32. The Balaban J connectivity index is 1.48. The molecule has 1 aromatic carbocycles. The summed E-state index contributed by atoms with van der Waals surface area (Å²) >= 11 is 0. The molecule has 1 saturated heterocycles. The van der Waals surface area contributed by atoms with Crippen LogP contribution in [0.15, 0.2) is 67.6 Å². The van der Waals surface area contributed by atoms with Gasteiger partial charge in [0.1, 0.15) is 11.6 Å². The van der Waals surface area contributed by atoms with E-state index in [1.54, 1.807) is 24.4 Å². The van der Waals surface area contributed by atoms with Crippen LogP contribution in [-0.2, 0) is 4.79 Å². The molecule has 1 fully saturated rings. The number of imidazole rings is 1. The largest absolute Gasteiger partial charge is 0.329 e. The quantitative estimate of drug-likeness (QED) is 0.433. The molecule has 9 heteroatoms. The highest BCUT2D eigenvalue weighted by molar-refractivity contribution is 6.04. The number of benzene rings is 1. The number of fused-ring (bicyclic) bond motifs is 1. The van der Waals surface area contributed by atoms with Crippen LogP contribution in [0, 0.1) is 18.3 Å². The molecule has 0 saturated carbocycles. The van der Waals surface area contributed by atoms with E-state index in [-0.39, 0.29) is 17.9 Å². The van der Waals surface area contributed by atoms with Crippen molar-refractivity contribution in [1.29, 1.82) is 5.26 Å². The minimum atomic E-state index is -0.332. The van der Waals surface area contributed by atoms with Gasteiger partial charge in [0.2, 0.25) is 5.91 Å². The molecule has 178 valence electrons. The molecule has 1 atom stereocenters. The van der Waals surface area contributed by atoms with Crippen LogP contribution >= 0.6 is 0 Å². The number of pyridine rings is 1. The number of rotatable bonds is 5. The molecule has 9 nitrogen and oxygen atoms in total. The predicted octanol–water partition coefficient (Wildman–Crippen LogP) is 4.07. The van der Waals surface area contributed by atoms with Gasteiger partial charge in [0.15, 0.2) is 0 Å². The molecular weight excluding hydrogens is 454 g/mol. The van der Waals surface area contributed by atoms with Gasteiger partial charge in [0.25, 0.3) is 5.91 Å². The van der Waals surface area contributed by atoms with Crippen LogP contribution in [0.25, 0.3) is 16.8 Å². The van der Waals surface area contributed by atoms with E-state index in [0.717, 1.165) is 41.1 Å². The lowest BCUT2D eigenvalue weighted by atomic mass is 10.1. The van der Waals surface area contributed by atoms with Crippen LogP contribution in [0.4, 0.5) is 5.82 Å². The van der Waals surface area contributed by atoms with Crippen molar-refractivity contribution in [2.45, 2.75) is 25.8 Å². The maximum Gasteiger partial charge on any atom is 0.256 e. The van der Waals surface area contributed by atoms with Crippen LogP contribution < -0.4 is 5.32 Å². The molecule has 0 radical (unpaired) electrons. The first-order valence-electron chi connectivity index (χ1n) is 11.5. The number of nitrogens with one attached hydrogen (secondary N) is 1. The smallest absolute Gasteiger partial charge is 0.256 e. The summed E-state index contributed by atoms with van der Waals surface area (Å²) in [4.78, 5) is 40.5. The molecule has 1 unspecified atom stereocenters. The zero-order valence-electron chi connectivity index (χ0n) is 19.7. The van der Waals surface area contributed by atoms with Gasteiger partial charge in [-0.25, -0.2) is 9.97 Å². The second-order valence-corrected chi connectivity index (χ2v) is 8.52. The minimum absolute atomic E-state index is 0.105. The number of nitriles is 1. The summed E-state index contributed by atoms with van der Waals surface area (Å²) in [5.41, 5.74) is 4.11. The van der Waals surface area contributed by atoms with Crippen molar-refractivity contribution in [2.24, 2.45) is 0 Å². The van der Waals surface area contributed by atoms with E-state index in [0.29, 0.717) is 23.5 Å². The summed E-state index contributed by atoms with van der Waals surface area (Å²) in [5, 5.41) is 11.8. The van der Waals surface area contributed by atoms with Gasteiger partial charge in [-0.15, -0.1) is 0 Å². The Bertz CT molecular complexity index is 1530. The van der Waals surface area contributed by atoms with Crippen molar-refractivity contribution >= 4 is 23.1 Å². The second kappa shape index (κ2) is 9.43. The molecule has 1 aliphatic rings. The van der Waals surface area contributed by atoms with Crippen LogP contribution in [0.2, 0.25) is 0 Å². The van der Waals surface area contributed by atoms with Crippen LogP contribution in [-0.4, -0.2) is 42.6 Å². The number of carbonyl (C=O) groups is 2. The molecule has 4 aromatic rings. The van der Waals surface area contributed by atoms with Gasteiger partial charge in [-0.3, -0.25) is 19.0 Å². The van der Waals surface area contributed by atoms with Crippen molar-refractivity contribution in [3.05, 3.63) is 90.3 Å². The molecule has 0 aliphatic carbocycles. The lowest BCUT2D eigenvalue weighted by Gasteiger charge is -2.22. The van der Waals surface area contributed by atoms with Gasteiger partial charge < -0.3 is 10.2 Å². The van der Waals surface area contributed by atoms with E-state index in [1.807, 2.05) is 40.6 Å². The van der Waals surface area contributed by atoms with Gasteiger partial charge in [0.05, 0.1) is 34.6 Å². The maximum atomic E-state index is 12.7. The van der Waals surface area contributed by atoms with E-state index in [4.69, 9.17) is 10.2 Å². The summed E-state index contributed by atoms with van der Waals surface area (Å²) in [7, 11) is 0. The van der Waals surface area contributed by atoms with Crippen LogP contribution in [0.1, 0.15) is 46.3 Å². The normalized spacial score (nSPS) is 15.0. The SMILES string of the molecule is C=CC(=O)N1CCCC1c1nc(-c2ccc(C(=O)Nc3cc(C#N)ccn3)cc2)c2c(C)nccn12. The van der Waals surface area contributed by atoms with Crippen molar-refractivity contribution < 1.29 is 9.59 Å². The topological polar surface area (TPSA) is 116 Å². The molecule has 0 bridgehead atoms. The van der Waals surface area contributed by atoms with Crippen molar-refractivity contribution in [1.82, 2.24) is 24.3 Å². The Hall–Kier alpha value is -4.84. The van der Waals surface area contributed by atoms with Crippen molar-refractivity contribution in [2.75, 3.05) is 11.9 Å². The van der Waals surface area contributed by atoms with E-state index in [2.05, 4.69) is 21.9 Å². The Morgan fingerprint density at radius 3 is 2.75 bits per heavy atom. The number of nitrogens with zero attached hydrogens (tertiary/aromatic N) is 6. The predicted molar refractivity (Wildman–Crippen MR) is 134 cm³/mol. The van der Waals surface area contributed by atoms with Gasteiger partial charge in [-0.05, 0) is 50.1 Å².